The minimum absolute atomic E-state index is 0.0689. The van der Waals surface area contributed by atoms with Crippen molar-refractivity contribution < 1.29 is 9.84 Å². The highest BCUT2D eigenvalue weighted by molar-refractivity contribution is 5.74. The van der Waals surface area contributed by atoms with Gasteiger partial charge in [-0.15, -0.1) is 0 Å². The van der Waals surface area contributed by atoms with Crippen molar-refractivity contribution in [3.63, 3.8) is 0 Å². The SMILES string of the molecule is CCCN1CCN(c2nc3c(c(=O)n(C)c(=O)n3C)n2C[C@@H](O)COc2ccccc2)CC1. The Kier molecular flexibility index (Phi) is 6.85. The van der Waals surface area contributed by atoms with E-state index in [1.54, 1.807) is 11.6 Å². The molecule has 3 heterocycles. The van der Waals surface area contributed by atoms with Crippen LogP contribution in [0.5, 0.6) is 5.75 Å². The number of aryl methyl sites for hydroxylation is 1. The van der Waals surface area contributed by atoms with Crippen molar-refractivity contribution in [1.29, 1.82) is 0 Å². The van der Waals surface area contributed by atoms with Gasteiger partial charge in [-0.25, -0.2) is 4.79 Å². The summed E-state index contributed by atoms with van der Waals surface area (Å²) in [6.45, 7) is 6.72. The van der Waals surface area contributed by atoms with Gasteiger partial charge in [-0.2, -0.15) is 4.98 Å². The maximum absolute atomic E-state index is 13.1. The first-order chi connectivity index (χ1) is 15.9. The molecule has 2 aromatic heterocycles. The number of aromatic nitrogens is 4. The monoisotopic (exact) mass is 456 g/mol. The Bertz CT molecular complexity index is 1210. The van der Waals surface area contributed by atoms with Crippen LogP contribution in [0.4, 0.5) is 5.95 Å². The van der Waals surface area contributed by atoms with Gasteiger partial charge in [-0.3, -0.25) is 18.8 Å². The average molecular weight is 457 g/mol. The summed E-state index contributed by atoms with van der Waals surface area (Å²) in [5.74, 6) is 1.26. The van der Waals surface area contributed by atoms with E-state index in [-0.39, 0.29) is 13.2 Å². The van der Waals surface area contributed by atoms with E-state index in [4.69, 9.17) is 9.72 Å². The molecule has 0 saturated carbocycles. The van der Waals surface area contributed by atoms with Crippen LogP contribution in [0.3, 0.4) is 0 Å². The van der Waals surface area contributed by atoms with Crippen LogP contribution in [-0.2, 0) is 20.6 Å². The predicted octanol–water partition coefficient (Wildman–Crippen LogP) is 0.406. The van der Waals surface area contributed by atoms with Crippen molar-refractivity contribution >= 4 is 17.1 Å². The fourth-order valence-electron chi connectivity index (χ4n) is 4.31. The Morgan fingerprint density at radius 2 is 1.76 bits per heavy atom. The van der Waals surface area contributed by atoms with Gasteiger partial charge in [-0.05, 0) is 25.1 Å². The number of fused-ring (bicyclic) bond motifs is 1. The second kappa shape index (κ2) is 9.80. The van der Waals surface area contributed by atoms with Crippen LogP contribution in [0.2, 0.25) is 0 Å². The summed E-state index contributed by atoms with van der Waals surface area (Å²) in [4.78, 5) is 34.8. The number of hydrogen-bond acceptors (Lipinski definition) is 7. The van der Waals surface area contributed by atoms with Crippen LogP contribution >= 0.6 is 0 Å². The number of nitrogens with zero attached hydrogens (tertiary/aromatic N) is 6. The molecule has 1 fully saturated rings. The maximum Gasteiger partial charge on any atom is 0.332 e. The number of anilines is 1. The number of ether oxygens (including phenoxy) is 1. The van der Waals surface area contributed by atoms with Crippen molar-refractivity contribution in [3.8, 4) is 5.75 Å². The molecule has 0 unspecified atom stereocenters. The van der Waals surface area contributed by atoms with Crippen LogP contribution < -0.4 is 20.9 Å². The van der Waals surface area contributed by atoms with E-state index in [0.717, 1.165) is 43.7 Å². The number of para-hydroxylation sites is 1. The van der Waals surface area contributed by atoms with Crippen LogP contribution in [0.1, 0.15) is 13.3 Å². The fraction of sp³-hybridized carbons (Fsp3) is 0.522. The van der Waals surface area contributed by atoms with Crippen molar-refractivity contribution in [2.45, 2.75) is 26.0 Å². The summed E-state index contributed by atoms with van der Waals surface area (Å²) in [7, 11) is 3.07. The second-order valence-corrected chi connectivity index (χ2v) is 8.51. The van der Waals surface area contributed by atoms with Crippen LogP contribution in [0.25, 0.3) is 11.2 Å². The van der Waals surface area contributed by atoms with Gasteiger partial charge >= 0.3 is 5.69 Å². The third-order valence-electron chi connectivity index (χ3n) is 6.10. The maximum atomic E-state index is 13.1. The predicted molar refractivity (Wildman–Crippen MR) is 127 cm³/mol. The quantitative estimate of drug-likeness (QED) is 0.524. The van der Waals surface area contributed by atoms with Gasteiger partial charge in [-0.1, -0.05) is 25.1 Å². The molecule has 1 saturated heterocycles. The lowest BCUT2D eigenvalue weighted by molar-refractivity contribution is 0.0935. The van der Waals surface area contributed by atoms with Crippen molar-refractivity contribution in [1.82, 2.24) is 23.6 Å². The Morgan fingerprint density at radius 3 is 2.42 bits per heavy atom. The van der Waals surface area contributed by atoms with E-state index in [9.17, 15) is 14.7 Å². The molecule has 0 amide bonds. The summed E-state index contributed by atoms with van der Waals surface area (Å²) < 4.78 is 9.92. The van der Waals surface area contributed by atoms with Gasteiger partial charge in [0.25, 0.3) is 5.56 Å². The molecule has 0 radical (unpaired) electrons. The molecule has 0 bridgehead atoms. The third-order valence-corrected chi connectivity index (χ3v) is 6.10. The van der Waals surface area contributed by atoms with Crippen molar-refractivity contribution in [2.75, 3.05) is 44.2 Å². The van der Waals surface area contributed by atoms with Crippen LogP contribution in [0.15, 0.2) is 39.9 Å². The normalized spacial score (nSPS) is 15.8. The molecule has 1 aliphatic heterocycles. The number of piperazine rings is 1. The average Bonchev–Trinajstić information content (AvgIpc) is 3.20. The first kappa shape index (κ1) is 23.1. The molecule has 178 valence electrons. The highest BCUT2D eigenvalue weighted by Gasteiger charge is 2.26. The Balaban J connectivity index is 1.67. The van der Waals surface area contributed by atoms with E-state index in [2.05, 4.69) is 16.7 Å². The molecule has 1 aromatic carbocycles. The molecule has 1 atom stereocenters. The number of aliphatic hydroxyl groups excluding tert-OH is 1. The van der Waals surface area contributed by atoms with E-state index >= 15 is 0 Å². The number of aliphatic hydroxyl groups is 1. The minimum atomic E-state index is -0.871. The number of imidazole rings is 1. The second-order valence-electron chi connectivity index (χ2n) is 8.51. The highest BCUT2D eigenvalue weighted by atomic mass is 16.5. The molecule has 10 nitrogen and oxygen atoms in total. The zero-order valence-corrected chi connectivity index (χ0v) is 19.5. The van der Waals surface area contributed by atoms with Gasteiger partial charge in [0.05, 0.1) is 6.54 Å². The van der Waals surface area contributed by atoms with Gasteiger partial charge in [0, 0.05) is 40.3 Å². The molecule has 1 N–H and O–H groups in total. The van der Waals surface area contributed by atoms with Gasteiger partial charge in [0.15, 0.2) is 11.2 Å². The number of rotatable bonds is 8. The molecular weight excluding hydrogens is 424 g/mol. The molecule has 4 rings (SSSR count). The Morgan fingerprint density at radius 1 is 1.06 bits per heavy atom. The fourth-order valence-corrected chi connectivity index (χ4v) is 4.31. The first-order valence-corrected chi connectivity index (χ1v) is 11.4. The lowest BCUT2D eigenvalue weighted by Gasteiger charge is -2.35. The number of benzene rings is 1. The molecular formula is C23H32N6O4. The molecule has 3 aromatic rings. The van der Waals surface area contributed by atoms with Crippen LogP contribution in [0, 0.1) is 0 Å². The Hall–Kier alpha value is -3.11. The number of hydrogen-bond donors (Lipinski definition) is 1. The molecule has 10 heteroatoms. The lowest BCUT2D eigenvalue weighted by Crippen LogP contribution is -2.47. The molecule has 0 aliphatic carbocycles. The first-order valence-electron chi connectivity index (χ1n) is 11.4. The van der Waals surface area contributed by atoms with Gasteiger partial charge < -0.3 is 19.3 Å². The van der Waals surface area contributed by atoms with Crippen molar-refractivity contribution in [3.05, 3.63) is 51.2 Å². The van der Waals surface area contributed by atoms with Gasteiger partial charge in [0.1, 0.15) is 18.5 Å². The Labute approximate surface area is 192 Å². The summed E-state index contributed by atoms with van der Waals surface area (Å²) in [5, 5.41) is 10.8. The zero-order valence-electron chi connectivity index (χ0n) is 19.5. The largest absolute Gasteiger partial charge is 0.491 e. The van der Waals surface area contributed by atoms with E-state index < -0.39 is 17.4 Å². The smallest absolute Gasteiger partial charge is 0.332 e. The van der Waals surface area contributed by atoms with Gasteiger partial charge in [0.2, 0.25) is 5.95 Å². The molecule has 1 aliphatic rings. The molecule has 33 heavy (non-hydrogen) atoms. The lowest BCUT2D eigenvalue weighted by atomic mass is 10.3. The third kappa shape index (κ3) is 4.67. The molecule has 0 spiro atoms. The van der Waals surface area contributed by atoms with Crippen molar-refractivity contribution in [2.24, 2.45) is 14.1 Å². The summed E-state index contributed by atoms with van der Waals surface area (Å²) in [5.41, 5.74) is -0.216. The zero-order chi connectivity index (χ0) is 23.5. The van der Waals surface area contributed by atoms with E-state index in [1.165, 1.54) is 11.6 Å². The minimum Gasteiger partial charge on any atom is -0.491 e. The summed E-state index contributed by atoms with van der Waals surface area (Å²) in [6, 6.07) is 9.28. The topological polar surface area (TPSA) is 97.8 Å². The summed E-state index contributed by atoms with van der Waals surface area (Å²) >= 11 is 0. The van der Waals surface area contributed by atoms with Crippen LogP contribution in [-0.4, -0.2) is 74.1 Å². The van der Waals surface area contributed by atoms with E-state index in [0.29, 0.717) is 22.9 Å². The highest BCUT2D eigenvalue weighted by Crippen LogP contribution is 2.22. The summed E-state index contributed by atoms with van der Waals surface area (Å²) in [6.07, 6.45) is 0.231. The van der Waals surface area contributed by atoms with E-state index in [1.807, 2.05) is 30.3 Å². The standard InChI is InChI=1S/C23H32N6O4/c1-4-10-27-11-13-28(14-12-27)22-24-20-19(21(31)26(3)23(32)25(20)2)29(22)15-17(30)16-33-18-8-6-5-7-9-18/h5-9,17,30H,4,10-16H2,1-3H3/t17-/m1/s1.